The van der Waals surface area contributed by atoms with E-state index in [0.717, 1.165) is 39.9 Å². The minimum absolute atomic E-state index is 0.119. The zero-order chi connectivity index (χ0) is 23.7. The van der Waals surface area contributed by atoms with Crippen LogP contribution >= 0.6 is 90.7 Å². The van der Waals surface area contributed by atoms with Gasteiger partial charge in [0, 0.05) is 21.5 Å². The molecule has 0 fully saturated rings. The first-order valence-corrected chi connectivity index (χ1v) is 17.0. The average Bonchev–Trinajstić information content (AvgIpc) is 3.67. The van der Waals surface area contributed by atoms with E-state index in [0.29, 0.717) is 0 Å². The lowest BCUT2D eigenvalue weighted by molar-refractivity contribution is 0.658. The molecule has 2 nitrogen and oxygen atoms in total. The lowest BCUT2D eigenvalue weighted by Crippen LogP contribution is -1.85. The molecule has 0 unspecified atom stereocenters. The second-order valence-electron chi connectivity index (χ2n) is 8.11. The van der Waals surface area contributed by atoms with E-state index in [4.69, 9.17) is 9.97 Å². The number of aromatic nitrogens is 2. The molecule has 0 aliphatic heterocycles. The zero-order valence-electron chi connectivity index (χ0n) is 17.4. The van der Waals surface area contributed by atoms with Crippen LogP contribution in [0.15, 0.2) is 36.7 Å². The Bertz CT molecular complexity index is 2130. The van der Waals surface area contributed by atoms with Crippen LogP contribution < -0.4 is 0 Å². The SMILES string of the molecule is Fc1cc2sc3c4sc(-c5cnc(-c6cc7sc8c9sc(F)cc9sc8c7s6)cn5)cc4sc3c2s1. The average molecular weight is 617 g/mol. The molecular formula is C24H6F2N2S8. The molecule has 0 aliphatic carbocycles. The lowest BCUT2D eigenvalue weighted by atomic mass is 10.3. The molecule has 36 heavy (non-hydrogen) atoms. The molecule has 12 heteroatoms. The van der Waals surface area contributed by atoms with Gasteiger partial charge in [-0.1, -0.05) is 0 Å². The molecular weight excluding hydrogens is 611 g/mol. The third-order valence-electron chi connectivity index (χ3n) is 5.97. The fraction of sp³-hybridized carbons (Fsp3) is 0. The Morgan fingerprint density at radius 2 is 0.778 bits per heavy atom. The van der Waals surface area contributed by atoms with Crippen LogP contribution in [0.5, 0.6) is 0 Å². The standard InChI is InChI=1S/C24H6F2N2S8/c25-15-3-13-19(35-15)23-21(33-13)17-11(31-23)1-9(29-17)7-5-28-8(6-27-7)10-2-12-18(30-10)22-24(32-12)20-14(34-22)4-16(26)36-20/h1-6H. The van der Waals surface area contributed by atoms with Gasteiger partial charge < -0.3 is 0 Å². The Balaban J connectivity index is 1.09. The molecule has 0 aromatic carbocycles. The third-order valence-corrected chi connectivity index (χ3v) is 16.1. The van der Waals surface area contributed by atoms with Crippen molar-refractivity contribution in [3.63, 3.8) is 0 Å². The fourth-order valence-electron chi connectivity index (χ4n) is 4.43. The van der Waals surface area contributed by atoms with Crippen molar-refractivity contribution in [2.45, 2.75) is 0 Å². The van der Waals surface area contributed by atoms with E-state index in [2.05, 4.69) is 12.1 Å². The van der Waals surface area contributed by atoms with E-state index >= 15 is 0 Å². The summed E-state index contributed by atoms with van der Waals surface area (Å²) in [7, 11) is 0. The number of hydrogen-bond acceptors (Lipinski definition) is 10. The molecule has 0 saturated heterocycles. The first kappa shape index (κ1) is 21.1. The summed E-state index contributed by atoms with van der Waals surface area (Å²) in [4.78, 5) is 11.7. The number of halogens is 2. The molecule has 9 aromatic heterocycles. The molecule has 0 N–H and O–H groups in total. The lowest BCUT2D eigenvalue weighted by Gasteiger charge is -1.98. The maximum absolute atomic E-state index is 13.7. The van der Waals surface area contributed by atoms with E-state index < -0.39 is 0 Å². The van der Waals surface area contributed by atoms with Crippen molar-refractivity contribution in [2.75, 3.05) is 0 Å². The van der Waals surface area contributed by atoms with Gasteiger partial charge in [0.25, 0.3) is 0 Å². The van der Waals surface area contributed by atoms with Crippen molar-refractivity contribution < 1.29 is 8.78 Å². The van der Waals surface area contributed by atoms with Crippen molar-refractivity contribution in [1.29, 1.82) is 0 Å². The number of nitrogens with zero attached hydrogens (tertiary/aromatic N) is 2. The summed E-state index contributed by atoms with van der Waals surface area (Å²) in [5, 5.41) is -0.238. The molecule has 174 valence electrons. The highest BCUT2D eigenvalue weighted by atomic mass is 32.1. The molecule has 0 saturated carbocycles. The zero-order valence-corrected chi connectivity index (χ0v) is 23.9. The quantitative estimate of drug-likeness (QED) is 0.193. The van der Waals surface area contributed by atoms with E-state index in [1.54, 1.807) is 80.2 Å². The summed E-state index contributed by atoms with van der Waals surface area (Å²) in [5.41, 5.74) is 1.73. The Labute approximate surface area is 232 Å². The van der Waals surface area contributed by atoms with E-state index in [1.165, 1.54) is 60.3 Å². The Kier molecular flexibility index (Phi) is 4.31. The van der Waals surface area contributed by atoms with E-state index in [9.17, 15) is 8.78 Å². The molecule has 9 rings (SSSR count). The highest BCUT2D eigenvalue weighted by Crippen LogP contribution is 2.52. The molecule has 0 atom stereocenters. The van der Waals surface area contributed by atoms with Gasteiger partial charge in [-0.15, -0.1) is 90.7 Å². The molecule has 0 radical (unpaired) electrons. The highest BCUT2D eigenvalue weighted by Gasteiger charge is 2.20. The normalized spacial score (nSPS) is 12.7. The molecule has 0 spiro atoms. The van der Waals surface area contributed by atoms with Gasteiger partial charge in [0.1, 0.15) is 0 Å². The first-order valence-electron chi connectivity index (χ1n) is 10.5. The van der Waals surface area contributed by atoms with Crippen molar-refractivity contribution in [1.82, 2.24) is 9.97 Å². The highest BCUT2D eigenvalue weighted by molar-refractivity contribution is 7.45. The third kappa shape index (κ3) is 2.86. The fourth-order valence-corrected chi connectivity index (χ4v) is 15.1. The van der Waals surface area contributed by atoms with Gasteiger partial charge in [0.2, 0.25) is 0 Å². The van der Waals surface area contributed by atoms with Crippen LogP contribution in [0.2, 0.25) is 0 Å². The van der Waals surface area contributed by atoms with Crippen LogP contribution in [-0.2, 0) is 0 Å². The number of thiophene rings is 8. The minimum atomic E-state index is -0.119. The van der Waals surface area contributed by atoms with Gasteiger partial charge in [0.05, 0.1) is 80.5 Å². The van der Waals surface area contributed by atoms with Crippen LogP contribution in [-0.4, -0.2) is 9.97 Å². The van der Waals surface area contributed by atoms with E-state index in [-0.39, 0.29) is 10.3 Å². The first-order chi connectivity index (χ1) is 17.6. The van der Waals surface area contributed by atoms with Crippen molar-refractivity contribution in [2.24, 2.45) is 0 Å². The Hall–Kier alpha value is -1.90. The van der Waals surface area contributed by atoms with Gasteiger partial charge >= 0.3 is 0 Å². The summed E-state index contributed by atoms with van der Waals surface area (Å²) in [5.74, 6) is 0. The van der Waals surface area contributed by atoms with Gasteiger partial charge in [-0.05, 0) is 12.1 Å². The van der Waals surface area contributed by atoms with Gasteiger partial charge in [-0.3, -0.25) is 9.97 Å². The predicted octanol–water partition coefficient (Wildman–Crippen LogP) is 11.5. The van der Waals surface area contributed by atoms with Gasteiger partial charge in [-0.2, -0.15) is 8.78 Å². The van der Waals surface area contributed by atoms with Crippen molar-refractivity contribution >= 4 is 147 Å². The molecule has 9 aromatic rings. The Morgan fingerprint density at radius 3 is 1.17 bits per heavy atom. The van der Waals surface area contributed by atoms with Crippen LogP contribution in [0.3, 0.4) is 0 Å². The number of fused-ring (bicyclic) bond motifs is 10. The summed E-state index contributed by atoms with van der Waals surface area (Å²) in [6.07, 6.45) is 3.72. The monoisotopic (exact) mass is 616 g/mol. The van der Waals surface area contributed by atoms with Crippen molar-refractivity contribution in [3.05, 3.63) is 46.9 Å². The van der Waals surface area contributed by atoms with Crippen LogP contribution in [0, 0.1) is 10.3 Å². The van der Waals surface area contributed by atoms with Crippen LogP contribution in [0.25, 0.3) is 77.5 Å². The second kappa shape index (κ2) is 7.35. The second-order valence-corrected chi connectivity index (χ2v) is 16.4. The summed E-state index contributed by atoms with van der Waals surface area (Å²) in [6.45, 7) is 0. The predicted molar refractivity (Wildman–Crippen MR) is 161 cm³/mol. The van der Waals surface area contributed by atoms with Crippen molar-refractivity contribution in [3.8, 4) is 21.1 Å². The number of hydrogen-bond donors (Lipinski definition) is 0. The van der Waals surface area contributed by atoms with E-state index in [1.807, 2.05) is 12.4 Å². The molecule has 0 amide bonds. The van der Waals surface area contributed by atoms with Crippen LogP contribution in [0.1, 0.15) is 0 Å². The smallest absolute Gasteiger partial charge is 0.178 e. The summed E-state index contributed by atoms with van der Waals surface area (Å²) >= 11 is 12.7. The topological polar surface area (TPSA) is 25.8 Å². The minimum Gasteiger partial charge on any atom is -0.251 e. The maximum Gasteiger partial charge on any atom is 0.178 e. The largest absolute Gasteiger partial charge is 0.251 e. The Morgan fingerprint density at radius 1 is 0.417 bits per heavy atom. The molecule has 0 bridgehead atoms. The summed E-state index contributed by atoms with van der Waals surface area (Å²) in [6, 6.07) is 7.64. The summed E-state index contributed by atoms with van der Waals surface area (Å²) < 4.78 is 41.4. The van der Waals surface area contributed by atoms with Gasteiger partial charge in [0.15, 0.2) is 10.3 Å². The van der Waals surface area contributed by atoms with Gasteiger partial charge in [-0.25, -0.2) is 0 Å². The van der Waals surface area contributed by atoms with Crippen LogP contribution in [0.4, 0.5) is 8.78 Å². The number of rotatable bonds is 2. The molecule has 0 aliphatic rings. The molecule has 9 heterocycles. The maximum atomic E-state index is 13.7.